The number of ether oxygens (including phenoxy) is 1. The third kappa shape index (κ3) is 4.98. The second-order valence-corrected chi connectivity index (χ2v) is 4.27. The van der Waals surface area contributed by atoms with Gasteiger partial charge < -0.3 is 9.64 Å². The van der Waals surface area contributed by atoms with Crippen LogP contribution in [0.25, 0.3) is 0 Å². The molecule has 0 spiro atoms. The summed E-state index contributed by atoms with van der Waals surface area (Å²) in [6.07, 6.45) is 1.77. The van der Waals surface area contributed by atoms with Crippen LogP contribution in [0, 0.1) is 6.92 Å². The molecule has 0 N–H and O–H groups in total. The lowest BCUT2D eigenvalue weighted by molar-refractivity contribution is 0.359. The Balaban J connectivity index is 0.00000289. The molecule has 0 aliphatic carbocycles. The first-order valence-corrected chi connectivity index (χ1v) is 5.64. The minimum atomic E-state index is 0. The highest BCUT2D eigenvalue weighted by Crippen LogP contribution is 2.23. The lowest BCUT2D eigenvalue weighted by Crippen LogP contribution is -2.15. The first-order valence-electron chi connectivity index (χ1n) is 5.26. The topological polar surface area (TPSA) is 24.8 Å². The summed E-state index contributed by atoms with van der Waals surface area (Å²) in [6, 6.07) is 5.86. The Hall–Kier alpha value is -1.19. The smallest absolute Gasteiger partial charge is 0.123 e. The summed E-state index contributed by atoms with van der Waals surface area (Å²) < 4.78 is 5.46. The van der Waals surface area contributed by atoms with Gasteiger partial charge in [0.2, 0.25) is 0 Å². The van der Waals surface area contributed by atoms with Gasteiger partial charge in [-0.2, -0.15) is 0 Å². The molecule has 0 aliphatic rings. The SMILES string of the molecule is C=C(Cl)COc1ccc(N(C)C=NC)c(C)c1.Cl. The molecule has 18 heavy (non-hydrogen) atoms. The molecule has 0 saturated carbocycles. The predicted octanol–water partition coefficient (Wildman–Crippen LogP) is 3.64. The standard InChI is InChI=1S/C13H17ClN2O.ClH/c1-10-7-12(17-8-11(2)14)5-6-13(10)16(4)9-15-3;/h5-7,9H,2,8H2,1,3-4H3;1H. The molecule has 0 aliphatic heterocycles. The van der Waals surface area contributed by atoms with Crippen LogP contribution in [0.15, 0.2) is 34.8 Å². The van der Waals surface area contributed by atoms with Gasteiger partial charge in [0.1, 0.15) is 12.4 Å². The molecule has 0 heterocycles. The number of rotatable bonds is 5. The number of hydrogen-bond acceptors (Lipinski definition) is 2. The fraction of sp³-hybridized carbons (Fsp3) is 0.308. The highest BCUT2D eigenvalue weighted by Gasteiger charge is 2.04. The van der Waals surface area contributed by atoms with Gasteiger partial charge in [-0.15, -0.1) is 12.4 Å². The fourth-order valence-corrected chi connectivity index (χ4v) is 1.57. The molecule has 0 atom stereocenters. The summed E-state index contributed by atoms with van der Waals surface area (Å²) in [6.45, 7) is 5.93. The molecule has 1 rings (SSSR count). The van der Waals surface area contributed by atoms with Crippen molar-refractivity contribution in [1.82, 2.24) is 0 Å². The van der Waals surface area contributed by atoms with Gasteiger partial charge in [-0.05, 0) is 30.7 Å². The highest BCUT2D eigenvalue weighted by atomic mass is 35.5. The molecule has 1 aromatic rings. The van der Waals surface area contributed by atoms with Crippen molar-refractivity contribution in [2.45, 2.75) is 6.92 Å². The van der Waals surface area contributed by atoms with Gasteiger partial charge in [-0.3, -0.25) is 4.99 Å². The van der Waals surface area contributed by atoms with E-state index >= 15 is 0 Å². The van der Waals surface area contributed by atoms with E-state index < -0.39 is 0 Å². The van der Waals surface area contributed by atoms with Crippen molar-refractivity contribution >= 4 is 36.0 Å². The summed E-state index contributed by atoms with van der Waals surface area (Å²) >= 11 is 5.65. The molecule has 0 radical (unpaired) electrons. The Morgan fingerprint density at radius 3 is 2.72 bits per heavy atom. The molecule has 0 saturated heterocycles. The zero-order valence-corrected chi connectivity index (χ0v) is 12.4. The van der Waals surface area contributed by atoms with Gasteiger partial charge in [0.15, 0.2) is 0 Å². The van der Waals surface area contributed by atoms with Gasteiger partial charge in [0, 0.05) is 24.8 Å². The number of halogens is 2. The molecule has 5 heteroatoms. The van der Waals surface area contributed by atoms with Crippen molar-refractivity contribution in [3.8, 4) is 5.75 Å². The molecular weight excluding hydrogens is 271 g/mol. The lowest BCUT2D eigenvalue weighted by atomic mass is 10.2. The van der Waals surface area contributed by atoms with Crippen LogP contribution in [0.5, 0.6) is 5.75 Å². The third-order valence-corrected chi connectivity index (χ3v) is 2.34. The summed E-state index contributed by atoms with van der Waals surface area (Å²) in [5.74, 6) is 0.787. The van der Waals surface area contributed by atoms with Crippen molar-refractivity contribution in [2.75, 3.05) is 25.6 Å². The molecule has 0 fully saturated rings. The quantitative estimate of drug-likeness (QED) is 0.610. The van der Waals surface area contributed by atoms with Gasteiger partial charge in [-0.1, -0.05) is 18.2 Å². The van der Waals surface area contributed by atoms with Crippen molar-refractivity contribution in [2.24, 2.45) is 4.99 Å². The second kappa shape index (κ2) is 8.01. The van der Waals surface area contributed by atoms with Crippen LogP contribution in [0.2, 0.25) is 0 Å². The monoisotopic (exact) mass is 288 g/mol. The van der Waals surface area contributed by atoms with Gasteiger partial charge in [0.05, 0.1) is 6.34 Å². The first-order chi connectivity index (χ1) is 8.04. The molecular formula is C13H18Cl2N2O. The molecule has 0 amide bonds. The van der Waals surface area contributed by atoms with Crippen LogP contribution in [-0.4, -0.2) is 27.0 Å². The summed E-state index contributed by atoms with van der Waals surface area (Å²) in [4.78, 5) is 5.93. The number of aryl methyl sites for hydroxylation is 1. The average molecular weight is 289 g/mol. The summed E-state index contributed by atoms with van der Waals surface area (Å²) in [5, 5.41) is 0.488. The zero-order chi connectivity index (χ0) is 12.8. The largest absolute Gasteiger partial charge is 0.488 e. The third-order valence-electron chi connectivity index (χ3n) is 2.23. The Labute approximate surface area is 120 Å². The van der Waals surface area contributed by atoms with E-state index in [4.69, 9.17) is 16.3 Å². The van der Waals surface area contributed by atoms with E-state index in [1.807, 2.05) is 37.1 Å². The summed E-state index contributed by atoms with van der Waals surface area (Å²) in [7, 11) is 3.70. The van der Waals surface area contributed by atoms with Crippen LogP contribution in [-0.2, 0) is 0 Å². The van der Waals surface area contributed by atoms with Crippen molar-refractivity contribution in [3.05, 3.63) is 35.4 Å². The Morgan fingerprint density at radius 2 is 2.22 bits per heavy atom. The molecule has 0 aromatic heterocycles. The maximum Gasteiger partial charge on any atom is 0.123 e. The van der Waals surface area contributed by atoms with Gasteiger partial charge in [-0.25, -0.2) is 0 Å². The Kier molecular flexibility index (Phi) is 7.48. The molecule has 100 valence electrons. The number of benzene rings is 1. The predicted molar refractivity (Wildman–Crippen MR) is 81.7 cm³/mol. The average Bonchev–Trinajstić information content (AvgIpc) is 2.26. The molecule has 3 nitrogen and oxygen atoms in total. The van der Waals surface area contributed by atoms with E-state index in [0.717, 1.165) is 17.0 Å². The van der Waals surface area contributed by atoms with Crippen molar-refractivity contribution in [1.29, 1.82) is 0 Å². The zero-order valence-electron chi connectivity index (χ0n) is 10.8. The lowest BCUT2D eigenvalue weighted by Gasteiger charge is -2.17. The number of hydrogen-bond donors (Lipinski definition) is 0. The van der Waals surface area contributed by atoms with Crippen molar-refractivity contribution < 1.29 is 4.74 Å². The second-order valence-electron chi connectivity index (χ2n) is 3.74. The highest BCUT2D eigenvalue weighted by molar-refractivity contribution is 6.29. The number of aliphatic imine (C=N–C) groups is 1. The Morgan fingerprint density at radius 1 is 1.56 bits per heavy atom. The maximum atomic E-state index is 5.65. The minimum Gasteiger partial charge on any atom is -0.488 e. The summed E-state index contributed by atoms with van der Waals surface area (Å²) in [5.41, 5.74) is 2.21. The van der Waals surface area contributed by atoms with Gasteiger partial charge in [0.25, 0.3) is 0 Å². The molecule has 1 aromatic carbocycles. The first kappa shape index (κ1) is 16.8. The number of nitrogens with zero attached hydrogens (tertiary/aromatic N) is 2. The molecule has 0 unspecified atom stereocenters. The Bertz CT molecular complexity index is 433. The van der Waals surface area contributed by atoms with Crippen LogP contribution in [0.4, 0.5) is 5.69 Å². The van der Waals surface area contributed by atoms with E-state index in [0.29, 0.717) is 11.6 Å². The van der Waals surface area contributed by atoms with E-state index in [1.54, 1.807) is 13.4 Å². The van der Waals surface area contributed by atoms with E-state index in [9.17, 15) is 0 Å². The molecule has 0 bridgehead atoms. The van der Waals surface area contributed by atoms with Crippen LogP contribution >= 0.6 is 24.0 Å². The normalized spacial score (nSPS) is 10.0. The van der Waals surface area contributed by atoms with Gasteiger partial charge >= 0.3 is 0 Å². The minimum absolute atomic E-state index is 0. The maximum absolute atomic E-state index is 5.65. The van der Waals surface area contributed by atoms with E-state index in [1.165, 1.54) is 0 Å². The van der Waals surface area contributed by atoms with E-state index in [2.05, 4.69) is 11.6 Å². The van der Waals surface area contributed by atoms with Crippen LogP contribution in [0.1, 0.15) is 5.56 Å². The fourth-order valence-electron chi connectivity index (χ4n) is 1.51. The van der Waals surface area contributed by atoms with E-state index in [-0.39, 0.29) is 12.4 Å². The van der Waals surface area contributed by atoms with Crippen LogP contribution in [0.3, 0.4) is 0 Å². The van der Waals surface area contributed by atoms with Crippen LogP contribution < -0.4 is 9.64 Å². The van der Waals surface area contributed by atoms with Crippen molar-refractivity contribution in [3.63, 3.8) is 0 Å². The number of anilines is 1.